The van der Waals surface area contributed by atoms with E-state index >= 15 is 4.39 Å². The molecule has 0 spiro atoms. The number of hydrogen-bond donors (Lipinski definition) is 0. The van der Waals surface area contributed by atoms with Crippen molar-refractivity contribution in [3.05, 3.63) is 94.6 Å². The Hall–Kier alpha value is -4.45. The molecule has 0 N–H and O–H groups in total. The fraction of sp³-hybridized carbons (Fsp3) is 0.208. The molecular weight excluding hydrogens is 501 g/mol. The maximum Gasteiger partial charge on any atom is 0.217 e. The van der Waals surface area contributed by atoms with Crippen LogP contribution in [0.25, 0.3) is 27.9 Å². The minimum absolute atomic E-state index is 0.0815. The highest BCUT2D eigenvalue weighted by Crippen LogP contribution is 2.39. The molecule has 4 aromatic heterocycles. The van der Waals surface area contributed by atoms with Crippen molar-refractivity contribution in [2.45, 2.75) is 25.3 Å². The van der Waals surface area contributed by atoms with E-state index < -0.39 is 5.82 Å². The van der Waals surface area contributed by atoms with Gasteiger partial charge in [0.15, 0.2) is 12.0 Å². The summed E-state index contributed by atoms with van der Waals surface area (Å²) in [6.07, 6.45) is 11.9. The molecule has 37 heavy (non-hydrogen) atoms. The summed E-state index contributed by atoms with van der Waals surface area (Å²) in [5, 5.41) is 43.9. The standard InChI is InChI=1S/C24H19ClFN9O2/c25-19-4-6-21(33-14-27-30-31-33)23(24(19)26)17-3-5-20(34(36)13-17)22(9-15-1-2-15)32-12-18(11-28-32)16-7-8-35(37)29-10-16/h3-8,10-15,22H,1-2,9H2. The lowest BCUT2D eigenvalue weighted by molar-refractivity contribution is -0.669. The zero-order valence-electron chi connectivity index (χ0n) is 19.2. The van der Waals surface area contributed by atoms with Crippen molar-refractivity contribution in [1.29, 1.82) is 0 Å². The monoisotopic (exact) mass is 519 g/mol. The van der Waals surface area contributed by atoms with E-state index in [-0.39, 0.29) is 16.6 Å². The average molecular weight is 520 g/mol. The van der Waals surface area contributed by atoms with Gasteiger partial charge in [0, 0.05) is 34.6 Å². The van der Waals surface area contributed by atoms with E-state index in [1.54, 1.807) is 35.1 Å². The van der Waals surface area contributed by atoms with Gasteiger partial charge in [0.2, 0.25) is 11.9 Å². The summed E-state index contributed by atoms with van der Waals surface area (Å²) in [7, 11) is 0. The van der Waals surface area contributed by atoms with Crippen molar-refractivity contribution in [2.75, 3.05) is 0 Å². The van der Waals surface area contributed by atoms with Gasteiger partial charge >= 0.3 is 0 Å². The topological polar surface area (TPSA) is 128 Å². The molecule has 0 saturated heterocycles. The third kappa shape index (κ3) is 4.47. The highest BCUT2D eigenvalue weighted by molar-refractivity contribution is 6.31. The highest BCUT2D eigenvalue weighted by atomic mass is 35.5. The number of pyridine rings is 1. The van der Waals surface area contributed by atoms with Crippen molar-refractivity contribution in [2.24, 2.45) is 5.92 Å². The molecule has 0 radical (unpaired) electrons. The predicted octanol–water partition coefficient (Wildman–Crippen LogP) is 3.04. The smallest absolute Gasteiger partial charge is 0.217 e. The van der Waals surface area contributed by atoms with E-state index in [9.17, 15) is 10.4 Å². The second-order valence-corrected chi connectivity index (χ2v) is 9.31. The van der Waals surface area contributed by atoms with Gasteiger partial charge in [-0.25, -0.2) is 4.39 Å². The molecule has 1 saturated carbocycles. The lowest BCUT2D eigenvalue weighted by Gasteiger charge is -2.18. The summed E-state index contributed by atoms with van der Waals surface area (Å²) in [6.45, 7) is 0. The van der Waals surface area contributed by atoms with Crippen molar-refractivity contribution < 1.29 is 14.0 Å². The van der Waals surface area contributed by atoms with Crippen LogP contribution in [0.2, 0.25) is 5.02 Å². The van der Waals surface area contributed by atoms with E-state index in [1.165, 1.54) is 35.7 Å². The van der Waals surface area contributed by atoms with E-state index in [0.717, 1.165) is 35.1 Å². The minimum Gasteiger partial charge on any atom is -0.618 e. The second-order valence-electron chi connectivity index (χ2n) is 8.90. The number of rotatable bonds is 7. The molecule has 13 heteroatoms. The molecule has 5 aromatic rings. The highest BCUT2D eigenvalue weighted by Gasteiger charge is 2.32. The van der Waals surface area contributed by atoms with Gasteiger partial charge in [-0.15, -0.1) is 5.10 Å². The number of hydrogen-bond acceptors (Lipinski definition) is 7. The van der Waals surface area contributed by atoms with Gasteiger partial charge in [0.05, 0.1) is 28.0 Å². The van der Waals surface area contributed by atoms with Crippen LogP contribution >= 0.6 is 11.6 Å². The van der Waals surface area contributed by atoms with Gasteiger partial charge < -0.3 is 10.4 Å². The largest absolute Gasteiger partial charge is 0.618 e. The van der Waals surface area contributed by atoms with Gasteiger partial charge in [0.1, 0.15) is 18.6 Å². The Bertz CT molecular complexity index is 1570. The van der Waals surface area contributed by atoms with Crippen LogP contribution in [0.1, 0.15) is 31.0 Å². The van der Waals surface area contributed by atoms with Gasteiger partial charge in [-0.1, -0.05) is 29.3 Å². The first-order valence-corrected chi connectivity index (χ1v) is 11.9. The van der Waals surface area contributed by atoms with Gasteiger partial charge in [-0.2, -0.15) is 14.5 Å². The molecule has 1 fully saturated rings. The molecule has 1 unspecified atom stereocenters. The number of halogens is 2. The summed E-state index contributed by atoms with van der Waals surface area (Å²) in [5.74, 6) is -0.184. The maximum absolute atomic E-state index is 15.2. The van der Waals surface area contributed by atoms with Crippen LogP contribution in [0.3, 0.4) is 0 Å². The zero-order valence-corrected chi connectivity index (χ0v) is 20.0. The van der Waals surface area contributed by atoms with Crippen LogP contribution in [0.5, 0.6) is 0 Å². The van der Waals surface area contributed by atoms with Crippen molar-refractivity contribution in [3.8, 4) is 27.9 Å². The van der Waals surface area contributed by atoms with Gasteiger partial charge in [-0.3, -0.25) is 4.68 Å². The van der Waals surface area contributed by atoms with Crippen LogP contribution in [0.4, 0.5) is 4.39 Å². The molecule has 1 aliphatic rings. The Kier molecular flexibility index (Phi) is 5.72. The molecule has 1 atom stereocenters. The van der Waals surface area contributed by atoms with Crippen LogP contribution in [-0.2, 0) is 0 Å². The molecule has 0 amide bonds. The van der Waals surface area contributed by atoms with Crippen LogP contribution in [0, 0.1) is 22.1 Å². The normalized spacial score (nSPS) is 14.1. The number of tetrazole rings is 1. The summed E-state index contributed by atoms with van der Waals surface area (Å²) in [5.41, 5.74) is 2.78. The molecule has 11 nitrogen and oxygen atoms in total. The molecule has 0 aliphatic heterocycles. The van der Waals surface area contributed by atoms with Crippen molar-refractivity contribution >= 4 is 11.6 Å². The molecule has 4 heterocycles. The Balaban J connectivity index is 1.39. The van der Waals surface area contributed by atoms with E-state index in [4.69, 9.17) is 11.6 Å². The third-order valence-corrected chi connectivity index (χ3v) is 6.74. The number of nitrogens with zero attached hydrogens (tertiary/aromatic N) is 9. The Morgan fingerprint density at radius 1 is 1.08 bits per heavy atom. The number of benzene rings is 1. The van der Waals surface area contributed by atoms with E-state index in [1.807, 2.05) is 6.20 Å². The first-order valence-electron chi connectivity index (χ1n) is 11.5. The lowest BCUT2D eigenvalue weighted by Crippen LogP contribution is -2.35. The van der Waals surface area contributed by atoms with Gasteiger partial charge in [0.25, 0.3) is 0 Å². The fourth-order valence-corrected chi connectivity index (χ4v) is 4.54. The summed E-state index contributed by atoms with van der Waals surface area (Å²) < 4.78 is 19.0. The molecular formula is C24H19ClFN9O2. The molecule has 1 aliphatic carbocycles. The number of aromatic nitrogens is 9. The first kappa shape index (κ1) is 23.0. The third-order valence-electron chi connectivity index (χ3n) is 6.44. The van der Waals surface area contributed by atoms with E-state index in [2.05, 4.69) is 25.7 Å². The minimum atomic E-state index is -0.676. The maximum atomic E-state index is 15.2. The SMILES string of the molecule is [O-][n+]1ccc(-c2cnn(C(CC3CC3)c3ccc(-c4c(-n5cnnn5)ccc(Cl)c4F)c[n+]3[O-])c2)cn1. The molecule has 186 valence electrons. The quantitative estimate of drug-likeness (QED) is 0.239. The predicted molar refractivity (Wildman–Crippen MR) is 128 cm³/mol. The van der Waals surface area contributed by atoms with Crippen LogP contribution in [0.15, 0.2) is 67.6 Å². The Labute approximate surface area is 214 Å². The second kappa shape index (κ2) is 9.21. The Morgan fingerprint density at radius 2 is 1.95 bits per heavy atom. The van der Waals surface area contributed by atoms with Crippen molar-refractivity contribution in [3.63, 3.8) is 0 Å². The van der Waals surface area contributed by atoms with Gasteiger partial charge in [-0.05, 0) is 41.0 Å². The van der Waals surface area contributed by atoms with E-state index in [0.29, 0.717) is 27.7 Å². The summed E-state index contributed by atoms with van der Waals surface area (Å²) in [4.78, 5) is 0.472. The zero-order chi connectivity index (χ0) is 25.5. The summed E-state index contributed by atoms with van der Waals surface area (Å²) >= 11 is 6.07. The summed E-state index contributed by atoms with van der Waals surface area (Å²) in [6, 6.07) is 7.69. The van der Waals surface area contributed by atoms with Crippen LogP contribution in [-0.4, -0.2) is 35.1 Å². The first-order chi connectivity index (χ1) is 18.0. The lowest BCUT2D eigenvalue weighted by atomic mass is 10.0. The Morgan fingerprint density at radius 3 is 2.65 bits per heavy atom. The molecule has 0 bridgehead atoms. The van der Waals surface area contributed by atoms with Crippen LogP contribution < -0.4 is 9.58 Å². The molecule has 6 rings (SSSR count). The molecule has 1 aromatic carbocycles. The average Bonchev–Trinajstić information content (AvgIpc) is 3.33. The fourth-order valence-electron chi connectivity index (χ4n) is 4.38. The van der Waals surface area contributed by atoms with Crippen molar-refractivity contribution in [1.82, 2.24) is 35.1 Å².